The lowest BCUT2D eigenvalue weighted by atomic mass is 10.2. The van der Waals surface area contributed by atoms with Gasteiger partial charge in [-0.2, -0.15) is 0 Å². The third-order valence-electron chi connectivity index (χ3n) is 3.82. The molecule has 10 nitrogen and oxygen atoms in total. The first-order valence-electron chi connectivity index (χ1n) is 9.04. The van der Waals surface area contributed by atoms with Crippen LogP contribution in [0, 0.1) is 0 Å². The molecule has 0 saturated carbocycles. The molecule has 0 atom stereocenters. The summed E-state index contributed by atoms with van der Waals surface area (Å²) in [6.07, 6.45) is 1.04. The maximum Gasteiger partial charge on any atom is 0.303 e. The van der Waals surface area contributed by atoms with E-state index in [1.807, 2.05) is 0 Å². The van der Waals surface area contributed by atoms with Gasteiger partial charge in [0.05, 0.1) is 0 Å². The van der Waals surface area contributed by atoms with Gasteiger partial charge in [-0.25, -0.2) is 0 Å². The quantitative estimate of drug-likeness (QED) is 0.267. The first kappa shape index (κ1) is 25.6. The molecule has 0 aromatic rings. The first-order chi connectivity index (χ1) is 13.1. The van der Waals surface area contributed by atoms with Crippen molar-refractivity contribution in [3.8, 4) is 0 Å². The van der Waals surface area contributed by atoms with Gasteiger partial charge in [-0.05, 0) is 37.9 Å². The minimum absolute atomic E-state index is 0.0595. The summed E-state index contributed by atoms with van der Waals surface area (Å²) in [7, 11) is 0. The van der Waals surface area contributed by atoms with Gasteiger partial charge >= 0.3 is 23.9 Å². The number of carbonyl (C=O) groups is 4. The van der Waals surface area contributed by atoms with Crippen molar-refractivity contribution in [2.24, 2.45) is 0 Å². The number of hydrogen-bond acceptors (Lipinski definition) is 5. The van der Waals surface area contributed by atoms with E-state index in [1.54, 1.807) is 9.80 Å². The van der Waals surface area contributed by atoms with Gasteiger partial charge in [0.2, 0.25) is 0 Å². The van der Waals surface area contributed by atoms with Crippen LogP contribution >= 0.6 is 12.2 Å². The van der Waals surface area contributed by atoms with Crippen molar-refractivity contribution >= 4 is 41.2 Å². The second-order valence-electron chi connectivity index (χ2n) is 6.25. The van der Waals surface area contributed by atoms with Crippen LogP contribution in [0.2, 0.25) is 0 Å². The fourth-order valence-electron chi connectivity index (χ4n) is 2.49. The Bertz CT molecular complexity index is 469. The molecule has 28 heavy (non-hydrogen) atoms. The molecular weight excluding hydrogens is 392 g/mol. The van der Waals surface area contributed by atoms with Crippen LogP contribution in [-0.2, 0) is 19.2 Å². The first-order valence-corrected chi connectivity index (χ1v) is 9.45. The SMILES string of the molecule is O=C(O)CCCN(CCCC(=O)O)C(=S)N(CCCC(=O)O)CCCC(=O)O. The normalized spacial score (nSPS) is 10.3. The van der Waals surface area contributed by atoms with E-state index in [0.717, 1.165) is 0 Å². The summed E-state index contributed by atoms with van der Waals surface area (Å²) >= 11 is 5.48. The molecule has 4 N–H and O–H groups in total. The Kier molecular flexibility index (Phi) is 13.3. The lowest BCUT2D eigenvalue weighted by Crippen LogP contribution is -2.45. The number of thiocarbonyl (C=S) groups is 1. The predicted octanol–water partition coefficient (Wildman–Crippen LogP) is 1.33. The smallest absolute Gasteiger partial charge is 0.303 e. The fourth-order valence-corrected chi connectivity index (χ4v) is 2.86. The van der Waals surface area contributed by atoms with Crippen molar-refractivity contribution in [2.75, 3.05) is 26.2 Å². The molecule has 0 aromatic heterocycles. The molecule has 0 aliphatic carbocycles. The van der Waals surface area contributed by atoms with Crippen LogP contribution in [0.3, 0.4) is 0 Å². The molecule has 0 aliphatic rings. The molecule has 0 amide bonds. The Morgan fingerprint density at radius 2 is 0.750 bits per heavy atom. The summed E-state index contributed by atoms with van der Waals surface area (Å²) in [5.41, 5.74) is 0. The van der Waals surface area contributed by atoms with E-state index in [4.69, 9.17) is 32.6 Å². The Balaban J connectivity index is 5.00. The summed E-state index contributed by atoms with van der Waals surface area (Å²) in [5.74, 6) is -3.79. The molecular formula is C17H28N2O8S. The highest BCUT2D eigenvalue weighted by Crippen LogP contribution is 2.09. The number of aliphatic carboxylic acids is 4. The molecule has 0 fully saturated rings. The highest BCUT2D eigenvalue weighted by Gasteiger charge is 2.18. The zero-order valence-electron chi connectivity index (χ0n) is 15.7. The van der Waals surface area contributed by atoms with Crippen LogP contribution in [-0.4, -0.2) is 85.4 Å². The average Bonchev–Trinajstić information content (AvgIpc) is 2.57. The van der Waals surface area contributed by atoms with Gasteiger partial charge in [0.25, 0.3) is 0 Å². The summed E-state index contributed by atoms with van der Waals surface area (Å²) < 4.78 is 0. The molecule has 0 rings (SSSR count). The maximum absolute atomic E-state index is 10.7. The van der Waals surface area contributed by atoms with Crippen LogP contribution in [0.5, 0.6) is 0 Å². The van der Waals surface area contributed by atoms with Crippen molar-refractivity contribution in [2.45, 2.75) is 51.4 Å². The maximum atomic E-state index is 10.7. The van der Waals surface area contributed by atoms with E-state index >= 15 is 0 Å². The van der Waals surface area contributed by atoms with Crippen LogP contribution in [0.25, 0.3) is 0 Å². The average molecular weight is 420 g/mol. The molecule has 11 heteroatoms. The lowest BCUT2D eigenvalue weighted by Gasteiger charge is -2.34. The predicted molar refractivity (Wildman–Crippen MR) is 103 cm³/mol. The van der Waals surface area contributed by atoms with Crippen molar-refractivity contribution in [1.29, 1.82) is 0 Å². The third-order valence-corrected chi connectivity index (χ3v) is 4.33. The van der Waals surface area contributed by atoms with E-state index in [1.165, 1.54) is 0 Å². The minimum Gasteiger partial charge on any atom is -0.481 e. The Labute approximate surface area is 168 Å². The Hall–Kier alpha value is -2.43. The Morgan fingerprint density at radius 1 is 0.536 bits per heavy atom. The molecule has 0 aromatic carbocycles. The monoisotopic (exact) mass is 420 g/mol. The molecule has 0 unspecified atom stereocenters. The van der Waals surface area contributed by atoms with Crippen LogP contribution in [0.1, 0.15) is 51.4 Å². The molecule has 160 valence electrons. The number of rotatable bonds is 16. The van der Waals surface area contributed by atoms with Crippen LogP contribution < -0.4 is 0 Å². The van der Waals surface area contributed by atoms with Crippen molar-refractivity contribution < 1.29 is 39.6 Å². The number of nitrogens with zero attached hydrogens (tertiary/aromatic N) is 2. The number of carboxylic acids is 4. The zero-order chi connectivity index (χ0) is 21.5. The molecule has 0 aliphatic heterocycles. The summed E-state index contributed by atoms with van der Waals surface area (Å²) in [6, 6.07) is 0. The minimum atomic E-state index is -0.948. The standard InChI is InChI=1S/C17H28N2O8S/c20-13(21)5-1-9-18(10-2-6-14(22)23)17(28)19(11-3-7-15(24)25)12-4-8-16(26)27/h1-12H2,(H,20,21)(H,22,23)(H,24,25)(H,26,27). The zero-order valence-corrected chi connectivity index (χ0v) is 16.5. The largest absolute Gasteiger partial charge is 0.481 e. The van der Waals surface area contributed by atoms with Gasteiger partial charge in [0.1, 0.15) is 0 Å². The van der Waals surface area contributed by atoms with E-state index in [0.29, 0.717) is 57.0 Å². The lowest BCUT2D eigenvalue weighted by molar-refractivity contribution is -0.138. The van der Waals surface area contributed by atoms with Crippen molar-refractivity contribution in [3.63, 3.8) is 0 Å². The van der Waals surface area contributed by atoms with Crippen LogP contribution in [0.15, 0.2) is 0 Å². The molecule has 0 bridgehead atoms. The molecule has 0 radical (unpaired) electrons. The van der Waals surface area contributed by atoms with E-state index in [2.05, 4.69) is 0 Å². The Morgan fingerprint density at radius 3 is 0.929 bits per heavy atom. The summed E-state index contributed by atoms with van der Waals surface area (Å²) in [6.45, 7) is 1.27. The van der Waals surface area contributed by atoms with Crippen molar-refractivity contribution in [3.05, 3.63) is 0 Å². The van der Waals surface area contributed by atoms with Gasteiger partial charge in [-0.15, -0.1) is 0 Å². The highest BCUT2D eigenvalue weighted by molar-refractivity contribution is 7.80. The summed E-state index contributed by atoms with van der Waals surface area (Å²) in [4.78, 5) is 46.4. The second kappa shape index (κ2) is 14.6. The fraction of sp³-hybridized carbons (Fsp3) is 0.706. The van der Waals surface area contributed by atoms with E-state index in [-0.39, 0.29) is 25.7 Å². The van der Waals surface area contributed by atoms with Gasteiger partial charge in [0, 0.05) is 51.9 Å². The van der Waals surface area contributed by atoms with E-state index < -0.39 is 23.9 Å². The molecule has 0 spiro atoms. The van der Waals surface area contributed by atoms with Gasteiger partial charge < -0.3 is 30.2 Å². The van der Waals surface area contributed by atoms with Crippen molar-refractivity contribution in [1.82, 2.24) is 9.80 Å². The van der Waals surface area contributed by atoms with Gasteiger partial charge in [-0.1, -0.05) is 0 Å². The van der Waals surface area contributed by atoms with Gasteiger partial charge in [-0.3, -0.25) is 19.2 Å². The number of carboxylic acid groups (broad SMARTS) is 4. The molecule has 0 heterocycles. The molecule has 0 saturated heterocycles. The number of hydrogen-bond donors (Lipinski definition) is 4. The summed E-state index contributed by atoms with van der Waals surface area (Å²) in [5, 5.41) is 35.6. The highest BCUT2D eigenvalue weighted by atomic mass is 32.1. The van der Waals surface area contributed by atoms with Crippen LogP contribution in [0.4, 0.5) is 0 Å². The topological polar surface area (TPSA) is 156 Å². The van der Waals surface area contributed by atoms with Gasteiger partial charge in [0.15, 0.2) is 5.11 Å². The third kappa shape index (κ3) is 13.7. The van der Waals surface area contributed by atoms with E-state index in [9.17, 15) is 19.2 Å². The second-order valence-corrected chi connectivity index (χ2v) is 6.61.